The van der Waals surface area contributed by atoms with Crippen molar-refractivity contribution in [1.82, 2.24) is 4.90 Å². The predicted molar refractivity (Wildman–Crippen MR) is 76.7 cm³/mol. The Labute approximate surface area is 128 Å². The number of cyclic esters (lactones) is 1. The standard InChI is InChI=1S/C15H19NO6/c1-15(2,3)22-14(20)16-10(8-21-13(16)19)6-9-4-5-11(17)7-12(9)18/h4-5,7,10,17-18H,6,8H2,1-3H3/t10-/m0/s1. The highest BCUT2D eigenvalue weighted by Gasteiger charge is 2.40. The Morgan fingerprint density at radius 3 is 2.68 bits per heavy atom. The number of rotatable bonds is 2. The molecule has 2 N–H and O–H groups in total. The largest absolute Gasteiger partial charge is 0.508 e. The summed E-state index contributed by atoms with van der Waals surface area (Å²) in [5, 5.41) is 19.1. The fraction of sp³-hybridized carbons (Fsp3) is 0.467. The monoisotopic (exact) mass is 309 g/mol. The average molecular weight is 309 g/mol. The number of amides is 2. The molecule has 1 saturated heterocycles. The number of benzene rings is 1. The summed E-state index contributed by atoms with van der Waals surface area (Å²) in [6, 6.07) is 3.58. The summed E-state index contributed by atoms with van der Waals surface area (Å²) in [6.07, 6.45) is -1.34. The summed E-state index contributed by atoms with van der Waals surface area (Å²) in [5.41, 5.74) is -0.236. The molecule has 120 valence electrons. The maximum atomic E-state index is 12.1. The van der Waals surface area contributed by atoms with Gasteiger partial charge >= 0.3 is 12.2 Å². The molecule has 22 heavy (non-hydrogen) atoms. The second-order valence-electron chi connectivity index (χ2n) is 6.10. The van der Waals surface area contributed by atoms with Gasteiger partial charge in [-0.1, -0.05) is 6.07 Å². The van der Waals surface area contributed by atoms with Crippen LogP contribution in [0.5, 0.6) is 11.5 Å². The van der Waals surface area contributed by atoms with Crippen molar-refractivity contribution < 1.29 is 29.3 Å². The SMILES string of the molecule is CC(C)(C)OC(=O)N1C(=O)OC[C@@H]1Cc1ccc(O)cc1O. The van der Waals surface area contributed by atoms with Gasteiger partial charge in [0.05, 0.1) is 6.04 Å². The van der Waals surface area contributed by atoms with E-state index in [1.54, 1.807) is 20.8 Å². The molecular formula is C15H19NO6. The number of nitrogens with zero attached hydrogens (tertiary/aromatic N) is 1. The zero-order valence-electron chi connectivity index (χ0n) is 12.7. The third-order valence-corrected chi connectivity index (χ3v) is 3.08. The number of hydrogen-bond acceptors (Lipinski definition) is 6. The van der Waals surface area contributed by atoms with Crippen molar-refractivity contribution in [2.45, 2.75) is 38.8 Å². The first kappa shape index (κ1) is 15.9. The van der Waals surface area contributed by atoms with Gasteiger partial charge in [-0.2, -0.15) is 0 Å². The second-order valence-corrected chi connectivity index (χ2v) is 6.10. The summed E-state index contributed by atoms with van der Waals surface area (Å²) < 4.78 is 10.1. The molecule has 0 radical (unpaired) electrons. The third kappa shape index (κ3) is 3.60. The number of phenolic OH excluding ortho intramolecular Hbond substituents is 2. The van der Waals surface area contributed by atoms with Gasteiger partial charge < -0.3 is 19.7 Å². The first-order valence-corrected chi connectivity index (χ1v) is 6.87. The van der Waals surface area contributed by atoms with Crippen LogP contribution < -0.4 is 0 Å². The van der Waals surface area contributed by atoms with E-state index in [2.05, 4.69) is 0 Å². The Kier molecular flexibility index (Phi) is 4.16. The average Bonchev–Trinajstić information content (AvgIpc) is 2.72. The molecule has 0 bridgehead atoms. The van der Waals surface area contributed by atoms with Gasteiger partial charge in [0.2, 0.25) is 0 Å². The van der Waals surface area contributed by atoms with E-state index in [9.17, 15) is 19.8 Å². The number of carbonyl (C=O) groups is 2. The Bertz CT molecular complexity index is 592. The van der Waals surface area contributed by atoms with Crippen molar-refractivity contribution in [3.8, 4) is 11.5 Å². The van der Waals surface area contributed by atoms with Crippen LogP contribution in [0.1, 0.15) is 26.3 Å². The smallest absolute Gasteiger partial charge is 0.420 e. The third-order valence-electron chi connectivity index (χ3n) is 3.08. The van der Waals surface area contributed by atoms with E-state index in [-0.39, 0.29) is 24.5 Å². The van der Waals surface area contributed by atoms with Crippen molar-refractivity contribution in [1.29, 1.82) is 0 Å². The van der Waals surface area contributed by atoms with Gasteiger partial charge in [0, 0.05) is 12.5 Å². The van der Waals surface area contributed by atoms with Crippen molar-refractivity contribution in [3.63, 3.8) is 0 Å². The topological polar surface area (TPSA) is 96.3 Å². The molecule has 0 aromatic heterocycles. The highest BCUT2D eigenvalue weighted by Crippen LogP contribution is 2.27. The van der Waals surface area contributed by atoms with E-state index in [1.807, 2.05) is 0 Å². The van der Waals surface area contributed by atoms with Crippen LogP contribution in [0.3, 0.4) is 0 Å². The first-order chi connectivity index (χ1) is 10.2. The van der Waals surface area contributed by atoms with Gasteiger partial charge in [0.25, 0.3) is 0 Å². The molecule has 2 amide bonds. The van der Waals surface area contributed by atoms with Crippen LogP contribution in [-0.4, -0.2) is 45.5 Å². The van der Waals surface area contributed by atoms with Gasteiger partial charge in [0.15, 0.2) is 0 Å². The van der Waals surface area contributed by atoms with Crippen LogP contribution >= 0.6 is 0 Å². The Hall–Kier alpha value is -2.44. The molecule has 0 saturated carbocycles. The lowest BCUT2D eigenvalue weighted by Crippen LogP contribution is -2.43. The van der Waals surface area contributed by atoms with Gasteiger partial charge in [-0.25, -0.2) is 14.5 Å². The molecule has 1 aromatic rings. The zero-order chi connectivity index (χ0) is 16.5. The van der Waals surface area contributed by atoms with Crippen LogP contribution in [0.15, 0.2) is 18.2 Å². The van der Waals surface area contributed by atoms with Crippen LogP contribution in [0, 0.1) is 0 Å². The number of aromatic hydroxyl groups is 2. The number of hydrogen-bond donors (Lipinski definition) is 2. The summed E-state index contributed by atoms with van der Waals surface area (Å²) in [5.74, 6) is -0.174. The predicted octanol–water partition coefficient (Wildman–Crippen LogP) is 2.40. The van der Waals surface area contributed by atoms with E-state index >= 15 is 0 Å². The molecule has 7 heteroatoms. The number of imide groups is 1. The molecule has 1 heterocycles. The van der Waals surface area contributed by atoms with Crippen LogP contribution in [0.4, 0.5) is 9.59 Å². The molecule has 2 rings (SSSR count). The summed E-state index contributed by atoms with van der Waals surface area (Å²) >= 11 is 0. The lowest BCUT2D eigenvalue weighted by molar-refractivity contribution is 0.0292. The van der Waals surface area contributed by atoms with Gasteiger partial charge in [-0.05, 0) is 32.4 Å². The maximum absolute atomic E-state index is 12.1. The molecule has 1 aromatic carbocycles. The van der Waals surface area contributed by atoms with Crippen LogP contribution in [-0.2, 0) is 15.9 Å². The Balaban J connectivity index is 2.15. The number of ether oxygens (including phenoxy) is 2. The van der Waals surface area contributed by atoms with E-state index < -0.39 is 23.8 Å². The van der Waals surface area contributed by atoms with Crippen LogP contribution in [0.25, 0.3) is 0 Å². The van der Waals surface area contributed by atoms with E-state index in [4.69, 9.17) is 9.47 Å². The minimum Gasteiger partial charge on any atom is -0.508 e. The van der Waals surface area contributed by atoms with Crippen molar-refractivity contribution >= 4 is 12.2 Å². The lowest BCUT2D eigenvalue weighted by atomic mass is 10.0. The molecule has 7 nitrogen and oxygen atoms in total. The molecule has 1 fully saturated rings. The number of carbonyl (C=O) groups excluding carboxylic acids is 2. The Morgan fingerprint density at radius 2 is 2.09 bits per heavy atom. The Morgan fingerprint density at radius 1 is 1.41 bits per heavy atom. The molecule has 1 aliphatic rings. The van der Waals surface area contributed by atoms with Gasteiger partial charge in [0.1, 0.15) is 23.7 Å². The molecule has 1 atom stereocenters. The highest BCUT2D eigenvalue weighted by atomic mass is 16.6. The normalized spacial score (nSPS) is 18.2. The van der Waals surface area contributed by atoms with Crippen LogP contribution in [0.2, 0.25) is 0 Å². The highest BCUT2D eigenvalue weighted by molar-refractivity contribution is 5.89. The quantitative estimate of drug-likeness (QED) is 0.870. The second kappa shape index (κ2) is 5.75. The maximum Gasteiger partial charge on any atom is 0.420 e. The van der Waals surface area contributed by atoms with Gasteiger partial charge in [-0.3, -0.25) is 0 Å². The van der Waals surface area contributed by atoms with E-state index in [0.717, 1.165) is 4.90 Å². The minimum absolute atomic E-state index is 0.0262. The van der Waals surface area contributed by atoms with E-state index in [0.29, 0.717) is 5.56 Å². The van der Waals surface area contributed by atoms with E-state index in [1.165, 1.54) is 18.2 Å². The van der Waals surface area contributed by atoms with Crippen molar-refractivity contribution in [2.24, 2.45) is 0 Å². The molecule has 0 spiro atoms. The van der Waals surface area contributed by atoms with Crippen molar-refractivity contribution in [3.05, 3.63) is 23.8 Å². The lowest BCUT2D eigenvalue weighted by Gasteiger charge is -2.25. The van der Waals surface area contributed by atoms with Crippen molar-refractivity contribution in [2.75, 3.05) is 6.61 Å². The number of phenols is 2. The minimum atomic E-state index is -0.779. The molecule has 1 aliphatic heterocycles. The zero-order valence-corrected chi connectivity index (χ0v) is 12.7. The fourth-order valence-electron chi connectivity index (χ4n) is 2.12. The summed E-state index contributed by atoms with van der Waals surface area (Å²) in [6.45, 7) is 5.13. The first-order valence-electron chi connectivity index (χ1n) is 6.87. The molecule has 0 unspecified atom stereocenters. The molecule has 0 aliphatic carbocycles. The molecular weight excluding hydrogens is 290 g/mol. The fourth-order valence-corrected chi connectivity index (χ4v) is 2.12. The summed E-state index contributed by atoms with van der Waals surface area (Å²) in [7, 11) is 0. The summed E-state index contributed by atoms with van der Waals surface area (Å²) in [4.78, 5) is 24.8. The van der Waals surface area contributed by atoms with Gasteiger partial charge in [-0.15, -0.1) is 0 Å².